The SMILES string of the molecule is CCc1cccc(/C=C/[C@H]2CCCN2C(=O)OC(C)(C)C)c1F. The van der Waals surface area contributed by atoms with Crippen molar-refractivity contribution in [2.24, 2.45) is 0 Å². The molecule has 1 aliphatic rings. The highest BCUT2D eigenvalue weighted by atomic mass is 19.1. The van der Waals surface area contributed by atoms with Gasteiger partial charge in [-0.25, -0.2) is 9.18 Å². The summed E-state index contributed by atoms with van der Waals surface area (Å²) in [7, 11) is 0. The van der Waals surface area contributed by atoms with Crippen molar-refractivity contribution in [3.8, 4) is 0 Å². The molecule has 0 aliphatic carbocycles. The van der Waals surface area contributed by atoms with E-state index in [1.807, 2.05) is 39.8 Å². The summed E-state index contributed by atoms with van der Waals surface area (Å²) in [5.74, 6) is -0.173. The molecule has 2 rings (SSSR count). The van der Waals surface area contributed by atoms with Gasteiger partial charge in [-0.2, -0.15) is 0 Å². The number of nitrogens with zero attached hydrogens (tertiary/aromatic N) is 1. The van der Waals surface area contributed by atoms with E-state index >= 15 is 0 Å². The van der Waals surface area contributed by atoms with Crippen LogP contribution in [0.2, 0.25) is 0 Å². The highest BCUT2D eigenvalue weighted by molar-refractivity contribution is 5.69. The fourth-order valence-corrected chi connectivity index (χ4v) is 2.76. The molecule has 1 fully saturated rings. The molecule has 0 spiro atoms. The Morgan fingerprint density at radius 2 is 2.17 bits per heavy atom. The summed E-state index contributed by atoms with van der Waals surface area (Å²) in [4.78, 5) is 14.0. The molecule has 0 saturated carbocycles. The number of likely N-dealkylation sites (tertiary alicyclic amines) is 1. The third-order valence-corrected chi connectivity index (χ3v) is 3.91. The Bertz CT molecular complexity index is 590. The van der Waals surface area contributed by atoms with Crippen molar-refractivity contribution in [2.75, 3.05) is 6.54 Å². The van der Waals surface area contributed by atoms with E-state index in [0.717, 1.165) is 12.8 Å². The molecule has 1 aliphatic heterocycles. The second-order valence-corrected chi connectivity index (χ2v) is 6.92. The van der Waals surface area contributed by atoms with Crippen LogP contribution in [0.1, 0.15) is 51.7 Å². The van der Waals surface area contributed by atoms with Crippen molar-refractivity contribution >= 4 is 12.2 Å². The van der Waals surface area contributed by atoms with Gasteiger partial charge in [0.1, 0.15) is 11.4 Å². The quantitative estimate of drug-likeness (QED) is 0.801. The highest BCUT2D eigenvalue weighted by Gasteiger charge is 2.30. The predicted molar refractivity (Wildman–Crippen MR) is 90.8 cm³/mol. The molecule has 1 heterocycles. The summed E-state index contributed by atoms with van der Waals surface area (Å²) >= 11 is 0. The Kier molecular flexibility index (Phi) is 5.45. The molecule has 0 aromatic heterocycles. The summed E-state index contributed by atoms with van der Waals surface area (Å²) in [6, 6.07) is 5.39. The van der Waals surface area contributed by atoms with Crippen LogP contribution < -0.4 is 0 Å². The maximum Gasteiger partial charge on any atom is 0.410 e. The number of carbonyl (C=O) groups excluding carboxylic acids is 1. The number of carbonyl (C=O) groups is 1. The number of hydrogen-bond acceptors (Lipinski definition) is 2. The number of ether oxygens (including phenoxy) is 1. The lowest BCUT2D eigenvalue weighted by Gasteiger charge is -2.27. The van der Waals surface area contributed by atoms with Crippen LogP contribution in [0.3, 0.4) is 0 Å². The van der Waals surface area contributed by atoms with Gasteiger partial charge in [0, 0.05) is 12.1 Å². The van der Waals surface area contributed by atoms with Gasteiger partial charge in [-0.15, -0.1) is 0 Å². The van der Waals surface area contributed by atoms with E-state index in [1.54, 1.807) is 23.1 Å². The van der Waals surface area contributed by atoms with E-state index in [0.29, 0.717) is 24.1 Å². The summed E-state index contributed by atoms with van der Waals surface area (Å²) < 4.78 is 19.7. The average molecular weight is 319 g/mol. The molecule has 1 aromatic rings. The van der Waals surface area contributed by atoms with Crippen molar-refractivity contribution in [3.63, 3.8) is 0 Å². The Labute approximate surface area is 138 Å². The molecule has 0 N–H and O–H groups in total. The maximum atomic E-state index is 14.3. The summed E-state index contributed by atoms with van der Waals surface area (Å²) in [6.07, 6.45) is 5.88. The fourth-order valence-electron chi connectivity index (χ4n) is 2.76. The fraction of sp³-hybridized carbons (Fsp3) is 0.526. The topological polar surface area (TPSA) is 29.5 Å². The van der Waals surface area contributed by atoms with Gasteiger partial charge < -0.3 is 9.64 Å². The second kappa shape index (κ2) is 7.16. The Hall–Kier alpha value is -1.84. The lowest BCUT2D eigenvalue weighted by atomic mass is 10.1. The van der Waals surface area contributed by atoms with Crippen molar-refractivity contribution < 1.29 is 13.9 Å². The zero-order valence-corrected chi connectivity index (χ0v) is 14.4. The molecule has 126 valence electrons. The van der Waals surface area contributed by atoms with Crippen LogP contribution in [-0.2, 0) is 11.2 Å². The lowest BCUT2D eigenvalue weighted by molar-refractivity contribution is 0.0256. The first kappa shape index (κ1) is 17.5. The number of amides is 1. The van der Waals surface area contributed by atoms with Gasteiger partial charge >= 0.3 is 6.09 Å². The minimum absolute atomic E-state index is 0.0328. The molecule has 1 amide bonds. The first-order valence-corrected chi connectivity index (χ1v) is 8.27. The molecule has 0 bridgehead atoms. The highest BCUT2D eigenvalue weighted by Crippen LogP contribution is 2.23. The summed E-state index contributed by atoms with van der Waals surface area (Å²) in [5.41, 5.74) is 0.776. The van der Waals surface area contributed by atoms with Gasteiger partial charge in [-0.3, -0.25) is 0 Å². The monoisotopic (exact) mass is 319 g/mol. The van der Waals surface area contributed by atoms with Gasteiger partial charge in [0.05, 0.1) is 6.04 Å². The van der Waals surface area contributed by atoms with Gasteiger partial charge in [-0.05, 0) is 45.6 Å². The van der Waals surface area contributed by atoms with Gasteiger partial charge in [0.15, 0.2) is 0 Å². The van der Waals surface area contributed by atoms with E-state index in [-0.39, 0.29) is 18.0 Å². The third-order valence-electron chi connectivity index (χ3n) is 3.91. The molecule has 4 heteroatoms. The molecular weight excluding hydrogens is 293 g/mol. The molecule has 23 heavy (non-hydrogen) atoms. The number of hydrogen-bond donors (Lipinski definition) is 0. The Morgan fingerprint density at radius 1 is 1.43 bits per heavy atom. The van der Waals surface area contributed by atoms with E-state index in [9.17, 15) is 9.18 Å². The maximum absolute atomic E-state index is 14.3. The van der Waals surface area contributed by atoms with E-state index in [1.165, 1.54) is 0 Å². The van der Waals surface area contributed by atoms with Gasteiger partial charge in [0.2, 0.25) is 0 Å². The van der Waals surface area contributed by atoms with Crippen molar-refractivity contribution in [2.45, 2.75) is 58.6 Å². The number of aryl methyl sites for hydroxylation is 1. The molecule has 1 aromatic carbocycles. The van der Waals surface area contributed by atoms with Crippen LogP contribution in [0.15, 0.2) is 24.3 Å². The smallest absolute Gasteiger partial charge is 0.410 e. The summed E-state index contributed by atoms with van der Waals surface area (Å²) in [6.45, 7) is 8.20. The first-order valence-electron chi connectivity index (χ1n) is 8.27. The molecule has 3 nitrogen and oxygen atoms in total. The van der Waals surface area contributed by atoms with Crippen LogP contribution in [0, 0.1) is 5.82 Å². The third kappa shape index (κ3) is 4.57. The number of rotatable bonds is 3. The Morgan fingerprint density at radius 3 is 2.83 bits per heavy atom. The Balaban J connectivity index is 2.11. The zero-order valence-electron chi connectivity index (χ0n) is 14.4. The minimum Gasteiger partial charge on any atom is -0.444 e. The number of benzene rings is 1. The normalized spacial score (nSPS) is 18.7. The average Bonchev–Trinajstić information content (AvgIpc) is 2.93. The molecule has 1 saturated heterocycles. The largest absolute Gasteiger partial charge is 0.444 e. The van der Waals surface area contributed by atoms with E-state index < -0.39 is 5.60 Å². The molecule has 1 atom stereocenters. The number of halogens is 1. The minimum atomic E-state index is -0.504. The lowest BCUT2D eigenvalue weighted by Crippen LogP contribution is -2.39. The second-order valence-electron chi connectivity index (χ2n) is 6.92. The van der Waals surface area contributed by atoms with Crippen molar-refractivity contribution in [3.05, 3.63) is 41.2 Å². The van der Waals surface area contributed by atoms with Crippen LogP contribution in [-0.4, -0.2) is 29.2 Å². The molecular formula is C19H26FNO2. The molecule has 0 unspecified atom stereocenters. The summed E-state index contributed by atoms with van der Waals surface area (Å²) in [5, 5.41) is 0. The van der Waals surface area contributed by atoms with Crippen LogP contribution in [0.4, 0.5) is 9.18 Å². The van der Waals surface area contributed by atoms with Crippen LogP contribution in [0.25, 0.3) is 6.08 Å². The molecule has 0 radical (unpaired) electrons. The van der Waals surface area contributed by atoms with Gasteiger partial charge in [-0.1, -0.05) is 37.3 Å². The first-order chi connectivity index (χ1) is 10.8. The van der Waals surface area contributed by atoms with Crippen molar-refractivity contribution in [1.82, 2.24) is 4.90 Å². The van der Waals surface area contributed by atoms with Crippen molar-refractivity contribution in [1.29, 1.82) is 0 Å². The standard InChI is InChI=1S/C19H26FNO2/c1-5-14-8-6-9-15(17(14)20)11-12-16-10-7-13-21(16)18(22)23-19(2,3)4/h6,8-9,11-12,16H,5,7,10,13H2,1-4H3/b12-11+/t16-/m1/s1. The van der Waals surface area contributed by atoms with Crippen LogP contribution in [0.5, 0.6) is 0 Å². The zero-order chi connectivity index (χ0) is 17.0. The predicted octanol–water partition coefficient (Wildman–Crippen LogP) is 4.80. The van der Waals surface area contributed by atoms with Gasteiger partial charge in [0.25, 0.3) is 0 Å². The van der Waals surface area contributed by atoms with Crippen LogP contribution >= 0.6 is 0 Å². The van der Waals surface area contributed by atoms with E-state index in [2.05, 4.69) is 0 Å². The van der Waals surface area contributed by atoms with E-state index in [4.69, 9.17) is 4.74 Å².